The predicted octanol–water partition coefficient (Wildman–Crippen LogP) is 6.34. The second-order valence-corrected chi connectivity index (χ2v) is 13.9. The van der Waals surface area contributed by atoms with E-state index in [2.05, 4.69) is 16.0 Å². The van der Waals surface area contributed by atoms with Crippen LogP contribution < -0.4 is 18.9 Å². The van der Waals surface area contributed by atoms with Crippen LogP contribution in [-0.2, 0) is 31.9 Å². The summed E-state index contributed by atoms with van der Waals surface area (Å²) in [7, 11) is 5.90. The maximum atomic E-state index is 13.7. The van der Waals surface area contributed by atoms with Crippen molar-refractivity contribution in [3.8, 4) is 23.0 Å². The number of hydrogen-bond donors (Lipinski definition) is 1. The summed E-state index contributed by atoms with van der Waals surface area (Å²) in [6.07, 6.45) is 2.19. The summed E-state index contributed by atoms with van der Waals surface area (Å²) in [6, 6.07) is 16.1. The number of nitrogens with one attached hydrogen (secondary N) is 1. The largest absolute Gasteiger partial charge is 0.497 e. The van der Waals surface area contributed by atoms with Gasteiger partial charge >= 0.3 is 17.9 Å². The minimum absolute atomic E-state index is 0.00516. The number of halogens is 1. The zero-order valence-corrected chi connectivity index (χ0v) is 29.8. The third kappa shape index (κ3) is 6.84. The molecular weight excluding hydrogens is 676 g/mol. The molecule has 51 heavy (non-hydrogen) atoms. The van der Waals surface area contributed by atoms with E-state index in [1.165, 1.54) is 50.1 Å². The second kappa shape index (κ2) is 14.5. The molecule has 1 N–H and O–H groups in total. The molecule has 0 spiro atoms. The minimum Gasteiger partial charge on any atom is -0.497 e. The van der Waals surface area contributed by atoms with Crippen molar-refractivity contribution in [2.45, 2.75) is 44.2 Å². The van der Waals surface area contributed by atoms with E-state index in [0.717, 1.165) is 42.8 Å². The number of benzene rings is 3. The molecule has 4 aromatic rings. The summed E-state index contributed by atoms with van der Waals surface area (Å²) in [5.41, 5.74) is 4.49. The van der Waals surface area contributed by atoms with Gasteiger partial charge in [0.15, 0.2) is 11.5 Å². The topological polar surface area (TPSA) is 126 Å². The average molecular weight is 717 g/mol. The molecule has 3 heterocycles. The quantitative estimate of drug-likeness (QED) is 0.155. The van der Waals surface area contributed by atoms with E-state index in [9.17, 15) is 14.4 Å². The highest BCUT2D eigenvalue weighted by molar-refractivity contribution is 6.30. The molecule has 12 heteroatoms. The van der Waals surface area contributed by atoms with Gasteiger partial charge in [-0.3, -0.25) is 14.5 Å². The van der Waals surface area contributed by atoms with Crippen molar-refractivity contribution >= 4 is 40.4 Å². The number of esters is 3. The monoisotopic (exact) mass is 716 g/mol. The first-order valence-corrected chi connectivity index (χ1v) is 17.5. The molecule has 0 amide bonds. The van der Waals surface area contributed by atoms with Gasteiger partial charge in [-0.05, 0) is 85.0 Å². The second-order valence-electron chi connectivity index (χ2n) is 13.5. The van der Waals surface area contributed by atoms with Gasteiger partial charge in [-0.15, -0.1) is 0 Å². The Hall–Kier alpha value is -4.74. The zero-order chi connectivity index (χ0) is 35.8. The van der Waals surface area contributed by atoms with Crippen LogP contribution in [0.4, 0.5) is 0 Å². The fourth-order valence-electron chi connectivity index (χ4n) is 8.29. The first-order valence-electron chi connectivity index (χ1n) is 17.1. The summed E-state index contributed by atoms with van der Waals surface area (Å²) in [6.45, 7) is 1.69. The third-order valence-electron chi connectivity index (χ3n) is 10.7. The minimum atomic E-state index is -0.595. The lowest BCUT2D eigenvalue weighted by Gasteiger charge is -2.51. The molecule has 1 aromatic heterocycles. The SMILES string of the molecule is COC(=O)C1CC(OC(=O)c2cc(OC)c(OC(=O)Cc3ccc(Cl)cc3)c(OC)c2)C[C@@H]2CN3CCc4c([nH]c5cc(OC)ccc45)C3C[C@H]12. The Morgan fingerprint density at radius 1 is 0.902 bits per heavy atom. The Morgan fingerprint density at radius 3 is 2.33 bits per heavy atom. The highest BCUT2D eigenvalue weighted by Gasteiger charge is 2.49. The molecule has 268 valence electrons. The van der Waals surface area contributed by atoms with E-state index in [4.69, 9.17) is 40.0 Å². The smallest absolute Gasteiger partial charge is 0.338 e. The molecule has 0 radical (unpaired) electrons. The summed E-state index contributed by atoms with van der Waals surface area (Å²) in [4.78, 5) is 45.9. The van der Waals surface area contributed by atoms with Crippen molar-refractivity contribution in [3.05, 3.63) is 82.0 Å². The molecule has 1 saturated carbocycles. The number of fused-ring (bicyclic) bond motifs is 6. The van der Waals surface area contributed by atoms with Crippen LogP contribution in [0.1, 0.15) is 52.5 Å². The number of piperidine rings is 1. The number of hydrogen-bond acceptors (Lipinski definition) is 10. The van der Waals surface area contributed by atoms with E-state index in [1.54, 1.807) is 31.4 Å². The molecule has 3 unspecified atom stereocenters. The highest BCUT2D eigenvalue weighted by atomic mass is 35.5. The molecular formula is C39H41ClN2O9. The van der Waals surface area contributed by atoms with Gasteiger partial charge in [-0.1, -0.05) is 23.7 Å². The van der Waals surface area contributed by atoms with Gasteiger partial charge in [0, 0.05) is 40.8 Å². The average Bonchev–Trinajstić information content (AvgIpc) is 3.52. The fraction of sp³-hybridized carbons (Fsp3) is 0.410. The molecule has 1 saturated heterocycles. The Labute approximate surface area is 301 Å². The van der Waals surface area contributed by atoms with Gasteiger partial charge in [0.25, 0.3) is 0 Å². The van der Waals surface area contributed by atoms with Crippen molar-refractivity contribution in [2.24, 2.45) is 17.8 Å². The molecule has 5 atom stereocenters. The van der Waals surface area contributed by atoms with Gasteiger partial charge in [0.05, 0.1) is 52.4 Å². The molecule has 11 nitrogen and oxygen atoms in total. The molecule has 3 aliphatic rings. The van der Waals surface area contributed by atoms with Crippen LogP contribution in [-0.4, -0.2) is 75.4 Å². The maximum Gasteiger partial charge on any atom is 0.338 e. The number of ether oxygens (including phenoxy) is 6. The number of methoxy groups -OCH3 is 4. The number of nitrogens with zero attached hydrogens (tertiary/aromatic N) is 1. The fourth-order valence-corrected chi connectivity index (χ4v) is 8.42. The molecule has 2 fully saturated rings. The zero-order valence-electron chi connectivity index (χ0n) is 29.0. The van der Waals surface area contributed by atoms with Gasteiger partial charge in [0.2, 0.25) is 5.75 Å². The molecule has 7 rings (SSSR count). The number of carbonyl (C=O) groups excluding carboxylic acids is 3. The molecule has 0 bridgehead atoms. The third-order valence-corrected chi connectivity index (χ3v) is 10.9. The van der Waals surface area contributed by atoms with Gasteiger partial charge in [-0.25, -0.2) is 4.79 Å². The van der Waals surface area contributed by atoms with E-state index in [0.29, 0.717) is 17.9 Å². The van der Waals surface area contributed by atoms with Crippen molar-refractivity contribution < 1.29 is 42.8 Å². The molecule has 2 aliphatic heterocycles. The lowest BCUT2D eigenvalue weighted by atomic mass is 9.65. The predicted molar refractivity (Wildman–Crippen MR) is 189 cm³/mol. The van der Waals surface area contributed by atoms with Crippen LogP contribution in [0.5, 0.6) is 23.0 Å². The summed E-state index contributed by atoms with van der Waals surface area (Å²) in [5, 5.41) is 1.78. The molecule has 3 aromatic carbocycles. The normalized spacial score (nSPS) is 22.6. The van der Waals surface area contributed by atoms with Gasteiger partial charge < -0.3 is 33.4 Å². The lowest BCUT2D eigenvalue weighted by Crippen LogP contribution is -2.52. The summed E-state index contributed by atoms with van der Waals surface area (Å²) < 4.78 is 33.6. The maximum absolute atomic E-state index is 13.7. The van der Waals surface area contributed by atoms with E-state index in [1.807, 2.05) is 12.1 Å². The van der Waals surface area contributed by atoms with E-state index >= 15 is 0 Å². The van der Waals surface area contributed by atoms with Crippen LogP contribution in [0.3, 0.4) is 0 Å². The van der Waals surface area contributed by atoms with Crippen molar-refractivity contribution in [3.63, 3.8) is 0 Å². The standard InChI is InChI=1S/C39H41ClN2O9/c1-46-25-9-10-27-28-11-12-42-20-23-14-26(17-30(39(45)49-4)29(23)19-32(42)36(28)41-31(27)18-25)50-38(44)22-15-33(47-2)37(34(16-22)48-3)51-35(43)13-21-5-7-24(40)8-6-21/h5-10,15-16,18,23,26,29-30,32,41H,11-14,17,19-20H2,1-4H3/t23-,26?,29+,30?,32?/m1/s1. The number of aromatic nitrogens is 1. The Balaban J connectivity index is 1.07. The van der Waals surface area contributed by atoms with Gasteiger partial charge in [-0.2, -0.15) is 0 Å². The summed E-state index contributed by atoms with van der Waals surface area (Å²) in [5.74, 6) is -0.502. The van der Waals surface area contributed by atoms with Crippen LogP contribution in [0.2, 0.25) is 5.02 Å². The highest BCUT2D eigenvalue weighted by Crippen LogP contribution is 2.50. The van der Waals surface area contributed by atoms with Crippen molar-refractivity contribution in [1.29, 1.82) is 0 Å². The first-order chi connectivity index (χ1) is 24.7. The Bertz CT molecular complexity index is 1930. The first kappa shape index (κ1) is 34.7. The number of rotatable bonds is 9. The number of aromatic amines is 1. The number of carbonyl (C=O) groups is 3. The van der Waals surface area contributed by atoms with Gasteiger partial charge in [0.1, 0.15) is 11.9 Å². The van der Waals surface area contributed by atoms with Crippen molar-refractivity contribution in [1.82, 2.24) is 9.88 Å². The Kier molecular flexibility index (Phi) is 9.85. The summed E-state index contributed by atoms with van der Waals surface area (Å²) >= 11 is 5.96. The van der Waals surface area contributed by atoms with E-state index < -0.39 is 24.0 Å². The number of H-pyrrole nitrogens is 1. The molecule has 1 aliphatic carbocycles. The van der Waals surface area contributed by atoms with Crippen LogP contribution in [0.25, 0.3) is 10.9 Å². The van der Waals surface area contributed by atoms with Crippen LogP contribution in [0.15, 0.2) is 54.6 Å². The Morgan fingerprint density at radius 2 is 1.65 bits per heavy atom. The van der Waals surface area contributed by atoms with Crippen molar-refractivity contribution in [2.75, 3.05) is 41.5 Å². The van der Waals surface area contributed by atoms with Crippen LogP contribution >= 0.6 is 11.6 Å². The van der Waals surface area contributed by atoms with E-state index in [-0.39, 0.29) is 53.1 Å². The lowest BCUT2D eigenvalue weighted by molar-refractivity contribution is -0.155. The van der Waals surface area contributed by atoms with Crippen LogP contribution in [0, 0.1) is 17.8 Å².